The molecule has 0 aromatic heterocycles. The fourth-order valence-corrected chi connectivity index (χ4v) is 6.09. The van der Waals surface area contributed by atoms with E-state index in [9.17, 15) is 27.6 Å². The monoisotopic (exact) mass is 575 g/mol. The van der Waals surface area contributed by atoms with Gasteiger partial charge in [0, 0.05) is 6.42 Å². The van der Waals surface area contributed by atoms with Gasteiger partial charge in [0.2, 0.25) is 27.7 Å². The number of benzene rings is 3. The largest absolute Gasteiger partial charge is 0.346 e. The zero-order valence-corrected chi connectivity index (χ0v) is 23.9. The summed E-state index contributed by atoms with van der Waals surface area (Å²) in [5, 5.41) is 4.85. The second-order valence-electron chi connectivity index (χ2n) is 10.5. The van der Waals surface area contributed by atoms with E-state index in [4.69, 9.17) is 0 Å². The Morgan fingerprint density at radius 3 is 1.93 bits per heavy atom. The van der Waals surface area contributed by atoms with Gasteiger partial charge < -0.3 is 5.32 Å². The Bertz CT molecular complexity index is 1520. The molecular weight excluding hydrogens is 542 g/mol. The van der Waals surface area contributed by atoms with Crippen LogP contribution in [0.2, 0.25) is 0 Å². The van der Waals surface area contributed by atoms with E-state index in [1.807, 2.05) is 30.3 Å². The van der Waals surface area contributed by atoms with Gasteiger partial charge in [0.15, 0.2) is 5.78 Å². The highest BCUT2D eigenvalue weighted by atomic mass is 32.2. The van der Waals surface area contributed by atoms with Gasteiger partial charge in [-0.1, -0.05) is 93.6 Å². The number of carbonyl (C=O) groups is 4. The summed E-state index contributed by atoms with van der Waals surface area (Å²) in [6.07, 6.45) is -0.298. The normalized spacial score (nSPS) is 18.5. The van der Waals surface area contributed by atoms with Crippen LogP contribution in [0.3, 0.4) is 0 Å². The fraction of sp³-hybridized carbons (Fsp3) is 0.290. The van der Waals surface area contributed by atoms with Gasteiger partial charge in [-0.25, -0.2) is 13.1 Å². The molecule has 214 valence electrons. The number of hydrogen-bond donors (Lipinski definition) is 3. The quantitative estimate of drug-likeness (QED) is 0.237. The lowest BCUT2D eigenvalue weighted by molar-refractivity contribution is -0.137. The average Bonchev–Trinajstić information content (AvgIpc) is 3.22. The molecule has 0 bridgehead atoms. The van der Waals surface area contributed by atoms with E-state index in [0.717, 1.165) is 11.1 Å². The van der Waals surface area contributed by atoms with Crippen molar-refractivity contribution in [2.45, 2.75) is 44.2 Å². The van der Waals surface area contributed by atoms with Crippen LogP contribution in [0.25, 0.3) is 11.1 Å². The topological polar surface area (TPSA) is 139 Å². The molecule has 0 aliphatic carbocycles. The molecule has 3 aromatic rings. The Labute approximate surface area is 239 Å². The zero-order chi connectivity index (χ0) is 29.7. The van der Waals surface area contributed by atoms with Crippen molar-refractivity contribution in [2.75, 3.05) is 0 Å². The lowest BCUT2D eigenvalue weighted by atomic mass is 9.85. The van der Waals surface area contributed by atoms with E-state index in [2.05, 4.69) is 15.4 Å². The SMILES string of the molecule is CC(C)[C@H](NC(=O)C[C@H](NS(=O)(=O)c1ccc(-c2ccccc2)cc1)c1ccccc1)C(=O)[C@@H]1C(=O)NC(=O)[C@H]1C. The van der Waals surface area contributed by atoms with Crippen molar-refractivity contribution in [1.82, 2.24) is 15.4 Å². The van der Waals surface area contributed by atoms with Crippen LogP contribution in [0.15, 0.2) is 89.8 Å². The minimum absolute atomic E-state index is 0.0413. The number of carbonyl (C=O) groups excluding carboxylic acids is 4. The minimum atomic E-state index is -4.03. The highest BCUT2D eigenvalue weighted by Gasteiger charge is 2.46. The van der Waals surface area contributed by atoms with Gasteiger partial charge in [-0.3, -0.25) is 24.5 Å². The summed E-state index contributed by atoms with van der Waals surface area (Å²) in [6.45, 7) is 4.94. The second kappa shape index (κ2) is 12.6. The molecule has 0 saturated carbocycles. The van der Waals surface area contributed by atoms with Crippen molar-refractivity contribution in [3.8, 4) is 11.1 Å². The second-order valence-corrected chi connectivity index (χ2v) is 12.2. The Balaban J connectivity index is 1.53. The number of sulfonamides is 1. The third kappa shape index (κ3) is 6.96. The minimum Gasteiger partial charge on any atom is -0.346 e. The van der Waals surface area contributed by atoms with E-state index < -0.39 is 57.4 Å². The molecule has 1 heterocycles. The van der Waals surface area contributed by atoms with Gasteiger partial charge in [-0.05, 0) is 34.7 Å². The maximum absolute atomic E-state index is 13.4. The van der Waals surface area contributed by atoms with Crippen molar-refractivity contribution >= 4 is 33.5 Å². The molecule has 1 fully saturated rings. The van der Waals surface area contributed by atoms with Crippen LogP contribution in [-0.2, 0) is 29.2 Å². The average molecular weight is 576 g/mol. The molecule has 1 aliphatic rings. The van der Waals surface area contributed by atoms with Crippen molar-refractivity contribution in [3.63, 3.8) is 0 Å². The maximum Gasteiger partial charge on any atom is 0.241 e. The van der Waals surface area contributed by atoms with E-state index in [1.54, 1.807) is 56.3 Å². The molecule has 0 unspecified atom stereocenters. The number of ketones is 1. The number of hydrogen-bond acceptors (Lipinski definition) is 6. The Morgan fingerprint density at radius 2 is 1.39 bits per heavy atom. The molecule has 41 heavy (non-hydrogen) atoms. The number of Topliss-reactive ketones (excluding diaryl/α,β-unsaturated/α-hetero) is 1. The highest BCUT2D eigenvalue weighted by molar-refractivity contribution is 7.89. The number of amides is 3. The Hall–Kier alpha value is -4.15. The van der Waals surface area contributed by atoms with Gasteiger partial charge in [0.25, 0.3) is 0 Å². The van der Waals surface area contributed by atoms with E-state index >= 15 is 0 Å². The van der Waals surface area contributed by atoms with Crippen molar-refractivity contribution in [3.05, 3.63) is 90.5 Å². The van der Waals surface area contributed by atoms with Crippen LogP contribution in [0.1, 0.15) is 38.8 Å². The molecule has 10 heteroatoms. The van der Waals surface area contributed by atoms with Crippen LogP contribution in [0.5, 0.6) is 0 Å². The Morgan fingerprint density at radius 1 is 0.829 bits per heavy atom. The standard InChI is InChI=1S/C31H33N3O6S/c1-19(2)28(29(36)27-20(3)30(37)33-31(27)38)32-26(35)18-25(23-12-8-5-9-13-23)34-41(39,40)24-16-14-22(15-17-24)21-10-6-4-7-11-21/h4-17,19-20,25,27-28,34H,18H2,1-3H3,(H,32,35)(H,33,37,38)/t20-,25-,27+,28-/m0/s1. The van der Waals surface area contributed by atoms with Gasteiger partial charge in [0.1, 0.15) is 5.92 Å². The van der Waals surface area contributed by atoms with Crippen LogP contribution < -0.4 is 15.4 Å². The third-order valence-electron chi connectivity index (χ3n) is 7.20. The van der Waals surface area contributed by atoms with E-state index in [0.29, 0.717) is 5.56 Å². The van der Waals surface area contributed by atoms with E-state index in [-0.39, 0.29) is 17.2 Å². The van der Waals surface area contributed by atoms with Crippen LogP contribution >= 0.6 is 0 Å². The molecule has 0 radical (unpaired) electrons. The molecule has 1 saturated heterocycles. The van der Waals surface area contributed by atoms with Crippen LogP contribution in [-0.4, -0.2) is 38.0 Å². The summed E-state index contributed by atoms with van der Waals surface area (Å²) in [6, 6.07) is 22.7. The van der Waals surface area contributed by atoms with Gasteiger partial charge >= 0.3 is 0 Å². The molecule has 4 atom stereocenters. The van der Waals surface area contributed by atoms with Crippen molar-refractivity contribution in [1.29, 1.82) is 0 Å². The molecule has 9 nitrogen and oxygen atoms in total. The first-order valence-electron chi connectivity index (χ1n) is 13.4. The lowest BCUT2D eigenvalue weighted by Gasteiger charge is -2.26. The summed E-state index contributed by atoms with van der Waals surface area (Å²) in [7, 11) is -4.03. The zero-order valence-electron chi connectivity index (χ0n) is 23.0. The first-order chi connectivity index (χ1) is 19.5. The summed E-state index contributed by atoms with van der Waals surface area (Å²) < 4.78 is 29.4. The lowest BCUT2D eigenvalue weighted by Crippen LogP contribution is -2.49. The van der Waals surface area contributed by atoms with Gasteiger partial charge in [-0.2, -0.15) is 0 Å². The highest BCUT2D eigenvalue weighted by Crippen LogP contribution is 2.26. The molecule has 4 rings (SSSR count). The first kappa shape index (κ1) is 29.8. The molecule has 3 N–H and O–H groups in total. The summed E-state index contributed by atoms with van der Waals surface area (Å²) in [5.41, 5.74) is 2.38. The predicted octanol–water partition coefficient (Wildman–Crippen LogP) is 3.38. The van der Waals surface area contributed by atoms with Gasteiger partial charge in [-0.15, -0.1) is 0 Å². The molecule has 3 aromatic carbocycles. The number of rotatable bonds is 11. The molecular formula is C31H33N3O6S. The smallest absolute Gasteiger partial charge is 0.241 e. The Kier molecular flexibility index (Phi) is 9.14. The molecule has 3 amide bonds. The van der Waals surface area contributed by atoms with Crippen LogP contribution in [0, 0.1) is 17.8 Å². The van der Waals surface area contributed by atoms with Crippen molar-refractivity contribution < 1.29 is 27.6 Å². The maximum atomic E-state index is 13.4. The number of imide groups is 1. The summed E-state index contributed by atoms with van der Waals surface area (Å²) in [5.74, 6) is -4.76. The molecule has 0 spiro atoms. The van der Waals surface area contributed by atoms with E-state index in [1.165, 1.54) is 19.1 Å². The number of nitrogens with one attached hydrogen (secondary N) is 3. The molecule has 1 aliphatic heterocycles. The fourth-order valence-electron chi connectivity index (χ4n) is 4.87. The summed E-state index contributed by atoms with van der Waals surface area (Å²) >= 11 is 0. The van der Waals surface area contributed by atoms with Crippen LogP contribution in [0.4, 0.5) is 0 Å². The first-order valence-corrected chi connectivity index (χ1v) is 14.9. The summed E-state index contributed by atoms with van der Waals surface area (Å²) in [4.78, 5) is 50.7. The third-order valence-corrected chi connectivity index (χ3v) is 8.69. The van der Waals surface area contributed by atoms with Crippen molar-refractivity contribution in [2.24, 2.45) is 17.8 Å². The predicted molar refractivity (Wildman–Crippen MR) is 154 cm³/mol. The van der Waals surface area contributed by atoms with Gasteiger partial charge in [0.05, 0.1) is 22.9 Å².